The number of nitrogens with two attached hydrogens (primary N) is 1. The molecular formula is C22H31IN6O. The molecule has 1 aliphatic heterocycles. The van der Waals surface area contributed by atoms with Gasteiger partial charge < -0.3 is 21.3 Å². The number of carbonyl (C=O) groups excluding carboxylic acids is 1. The van der Waals surface area contributed by atoms with Crippen LogP contribution in [0.25, 0.3) is 0 Å². The summed E-state index contributed by atoms with van der Waals surface area (Å²) >= 11 is 0. The standard InChI is InChI=1S/C22H30N6O.HI/c1-16-7-9-17(10-8-16)13-26-22(24-2)27-14-18-5-3-11-25-21(18)28-12-4-6-19(15-28)20(23)29;/h3,5,7-11,19H,4,6,12-15H2,1-2H3,(H2,23,29)(H2,24,26,27);1H. The normalized spacial score (nSPS) is 16.5. The zero-order valence-electron chi connectivity index (χ0n) is 17.6. The number of carbonyl (C=O) groups is 1. The lowest BCUT2D eigenvalue weighted by Crippen LogP contribution is -2.42. The van der Waals surface area contributed by atoms with E-state index in [0.717, 1.165) is 36.7 Å². The molecule has 8 heteroatoms. The number of aromatic nitrogens is 1. The molecule has 0 saturated carbocycles. The molecule has 1 unspecified atom stereocenters. The fraction of sp³-hybridized carbons (Fsp3) is 0.409. The maximum Gasteiger partial charge on any atom is 0.222 e. The fourth-order valence-corrected chi connectivity index (χ4v) is 3.55. The fourth-order valence-electron chi connectivity index (χ4n) is 3.55. The summed E-state index contributed by atoms with van der Waals surface area (Å²) in [6, 6.07) is 12.4. The van der Waals surface area contributed by atoms with Crippen LogP contribution in [0.3, 0.4) is 0 Å². The van der Waals surface area contributed by atoms with Gasteiger partial charge in [-0.1, -0.05) is 35.9 Å². The van der Waals surface area contributed by atoms with Crippen LogP contribution < -0.4 is 21.3 Å². The molecule has 1 amide bonds. The van der Waals surface area contributed by atoms with Gasteiger partial charge in [0.25, 0.3) is 0 Å². The van der Waals surface area contributed by atoms with Crippen molar-refractivity contribution in [2.75, 3.05) is 25.0 Å². The number of nitrogens with zero attached hydrogens (tertiary/aromatic N) is 3. The van der Waals surface area contributed by atoms with E-state index < -0.39 is 0 Å². The molecule has 1 aromatic carbocycles. The topological polar surface area (TPSA) is 95.6 Å². The Morgan fingerprint density at radius 1 is 1.23 bits per heavy atom. The molecule has 1 aromatic heterocycles. The van der Waals surface area contributed by atoms with Crippen LogP contribution in [0.1, 0.15) is 29.5 Å². The van der Waals surface area contributed by atoms with E-state index in [1.54, 1.807) is 13.2 Å². The van der Waals surface area contributed by atoms with E-state index >= 15 is 0 Å². The van der Waals surface area contributed by atoms with Gasteiger partial charge in [0.2, 0.25) is 5.91 Å². The highest BCUT2D eigenvalue weighted by molar-refractivity contribution is 14.0. The highest BCUT2D eigenvalue weighted by atomic mass is 127. The number of guanidine groups is 1. The Morgan fingerprint density at radius 2 is 1.97 bits per heavy atom. The summed E-state index contributed by atoms with van der Waals surface area (Å²) in [5.74, 6) is 1.29. The Bertz CT molecular complexity index is 855. The average Bonchev–Trinajstić information content (AvgIpc) is 2.75. The van der Waals surface area contributed by atoms with E-state index in [1.165, 1.54) is 11.1 Å². The van der Waals surface area contributed by atoms with Gasteiger partial charge in [-0.05, 0) is 31.4 Å². The van der Waals surface area contributed by atoms with Crippen LogP contribution in [0.15, 0.2) is 47.6 Å². The Morgan fingerprint density at radius 3 is 2.67 bits per heavy atom. The van der Waals surface area contributed by atoms with Crippen molar-refractivity contribution in [2.24, 2.45) is 16.6 Å². The van der Waals surface area contributed by atoms with Gasteiger partial charge >= 0.3 is 0 Å². The number of hydrogen-bond donors (Lipinski definition) is 3. The summed E-state index contributed by atoms with van der Waals surface area (Å²) in [4.78, 5) is 22.7. The summed E-state index contributed by atoms with van der Waals surface area (Å²) in [6.45, 7) is 4.88. The van der Waals surface area contributed by atoms with Crippen molar-refractivity contribution in [3.63, 3.8) is 0 Å². The molecule has 2 heterocycles. The number of piperidine rings is 1. The number of aryl methyl sites for hydroxylation is 1. The number of nitrogens with one attached hydrogen (secondary N) is 2. The van der Waals surface area contributed by atoms with Gasteiger partial charge in [0.1, 0.15) is 5.82 Å². The smallest absolute Gasteiger partial charge is 0.222 e. The van der Waals surface area contributed by atoms with E-state index in [-0.39, 0.29) is 35.8 Å². The largest absolute Gasteiger partial charge is 0.369 e. The number of primary amides is 1. The predicted molar refractivity (Wildman–Crippen MR) is 132 cm³/mol. The molecule has 2 aromatic rings. The number of aliphatic imine (C=N–C) groups is 1. The van der Waals surface area contributed by atoms with Gasteiger partial charge in [0.05, 0.1) is 5.92 Å². The van der Waals surface area contributed by atoms with E-state index in [0.29, 0.717) is 19.6 Å². The minimum absolute atomic E-state index is 0. The van der Waals surface area contributed by atoms with Crippen LogP contribution in [-0.4, -0.2) is 37.0 Å². The van der Waals surface area contributed by atoms with Gasteiger partial charge in [-0.2, -0.15) is 0 Å². The molecule has 0 radical (unpaired) electrons. The van der Waals surface area contributed by atoms with Crippen molar-refractivity contribution in [1.82, 2.24) is 15.6 Å². The Hall–Kier alpha value is -2.36. The van der Waals surface area contributed by atoms with Crippen molar-refractivity contribution < 1.29 is 4.79 Å². The predicted octanol–water partition coefficient (Wildman–Crippen LogP) is 2.57. The maximum atomic E-state index is 11.6. The first-order valence-electron chi connectivity index (χ1n) is 10.0. The molecular weight excluding hydrogens is 491 g/mol. The van der Waals surface area contributed by atoms with E-state index in [9.17, 15) is 4.79 Å². The van der Waals surface area contributed by atoms with Gasteiger partial charge in [0.15, 0.2) is 5.96 Å². The molecule has 3 rings (SSSR count). The summed E-state index contributed by atoms with van der Waals surface area (Å²) in [6.07, 6.45) is 3.58. The minimum Gasteiger partial charge on any atom is -0.369 e. The van der Waals surface area contributed by atoms with E-state index in [4.69, 9.17) is 5.73 Å². The first-order chi connectivity index (χ1) is 14.1. The van der Waals surface area contributed by atoms with Gasteiger partial charge in [0, 0.05) is 45.0 Å². The summed E-state index contributed by atoms with van der Waals surface area (Å²) in [5, 5.41) is 6.70. The van der Waals surface area contributed by atoms with Crippen LogP contribution in [0.4, 0.5) is 5.82 Å². The lowest BCUT2D eigenvalue weighted by molar-refractivity contribution is -0.122. The number of hydrogen-bond acceptors (Lipinski definition) is 4. The van der Waals surface area contributed by atoms with Crippen molar-refractivity contribution in [2.45, 2.75) is 32.9 Å². The SMILES string of the molecule is CN=C(NCc1ccc(C)cc1)NCc1cccnc1N1CCCC(C(N)=O)C1.I. The lowest BCUT2D eigenvalue weighted by Gasteiger charge is -2.33. The zero-order valence-corrected chi connectivity index (χ0v) is 19.9. The van der Waals surface area contributed by atoms with Crippen LogP contribution in [0, 0.1) is 12.8 Å². The summed E-state index contributed by atoms with van der Waals surface area (Å²) in [7, 11) is 1.76. The molecule has 1 saturated heterocycles. The first kappa shape index (κ1) is 23.9. The molecule has 7 nitrogen and oxygen atoms in total. The molecule has 1 aliphatic rings. The molecule has 0 bridgehead atoms. The van der Waals surface area contributed by atoms with Crippen molar-refractivity contribution in [1.29, 1.82) is 0 Å². The number of benzene rings is 1. The lowest BCUT2D eigenvalue weighted by atomic mass is 9.97. The number of amides is 1. The molecule has 1 atom stereocenters. The molecule has 30 heavy (non-hydrogen) atoms. The van der Waals surface area contributed by atoms with Crippen molar-refractivity contribution in [3.8, 4) is 0 Å². The van der Waals surface area contributed by atoms with Crippen LogP contribution in [0.5, 0.6) is 0 Å². The first-order valence-corrected chi connectivity index (χ1v) is 10.0. The third-order valence-electron chi connectivity index (χ3n) is 5.24. The van der Waals surface area contributed by atoms with Gasteiger partial charge in [-0.3, -0.25) is 9.79 Å². The number of anilines is 1. The second kappa shape index (κ2) is 11.7. The summed E-state index contributed by atoms with van der Waals surface area (Å²) in [5.41, 5.74) is 9.04. The quantitative estimate of drug-likeness (QED) is 0.308. The molecule has 162 valence electrons. The maximum absolute atomic E-state index is 11.6. The highest BCUT2D eigenvalue weighted by Gasteiger charge is 2.25. The average molecular weight is 522 g/mol. The highest BCUT2D eigenvalue weighted by Crippen LogP contribution is 2.24. The monoisotopic (exact) mass is 522 g/mol. The zero-order chi connectivity index (χ0) is 20.6. The Labute approximate surface area is 195 Å². The Kier molecular flexibility index (Phi) is 9.35. The van der Waals surface area contributed by atoms with E-state index in [2.05, 4.69) is 62.8 Å². The molecule has 1 fully saturated rings. The third kappa shape index (κ3) is 6.58. The van der Waals surface area contributed by atoms with Gasteiger partial charge in [-0.25, -0.2) is 4.98 Å². The van der Waals surface area contributed by atoms with Crippen LogP contribution >= 0.6 is 24.0 Å². The van der Waals surface area contributed by atoms with Crippen LogP contribution in [-0.2, 0) is 17.9 Å². The third-order valence-corrected chi connectivity index (χ3v) is 5.24. The van der Waals surface area contributed by atoms with Crippen molar-refractivity contribution >= 4 is 41.7 Å². The number of pyridine rings is 1. The second-order valence-electron chi connectivity index (χ2n) is 7.44. The number of rotatable bonds is 6. The molecule has 4 N–H and O–H groups in total. The van der Waals surface area contributed by atoms with Gasteiger partial charge in [-0.15, -0.1) is 24.0 Å². The Balaban J connectivity index is 0.00000320. The summed E-state index contributed by atoms with van der Waals surface area (Å²) < 4.78 is 0. The second-order valence-corrected chi connectivity index (χ2v) is 7.44. The van der Waals surface area contributed by atoms with E-state index in [1.807, 2.05) is 6.07 Å². The van der Waals surface area contributed by atoms with Crippen molar-refractivity contribution in [3.05, 3.63) is 59.3 Å². The van der Waals surface area contributed by atoms with Crippen LogP contribution in [0.2, 0.25) is 0 Å². The molecule has 0 aliphatic carbocycles. The molecule has 0 spiro atoms. The minimum atomic E-state index is -0.231. The number of halogens is 1.